The summed E-state index contributed by atoms with van der Waals surface area (Å²) in [6, 6.07) is 5.32. The van der Waals surface area contributed by atoms with Crippen LogP contribution >= 0.6 is 23.2 Å². The van der Waals surface area contributed by atoms with E-state index in [1.54, 1.807) is 32.0 Å². The summed E-state index contributed by atoms with van der Waals surface area (Å²) in [6.45, 7) is 8.68. The van der Waals surface area contributed by atoms with Gasteiger partial charge in [0.15, 0.2) is 11.6 Å². The molecule has 1 amide bonds. The summed E-state index contributed by atoms with van der Waals surface area (Å²) in [6.07, 6.45) is 1.29. The number of fused-ring (bicyclic) bond motifs is 1. The van der Waals surface area contributed by atoms with Gasteiger partial charge in [0.25, 0.3) is 5.91 Å². The first kappa shape index (κ1) is 30.6. The number of hydrogen-bond donors (Lipinski definition) is 2. The summed E-state index contributed by atoms with van der Waals surface area (Å²) in [5.74, 6) is -1.44. The highest BCUT2D eigenvalue weighted by Gasteiger charge is 2.38. The number of rotatable bonds is 8. The summed E-state index contributed by atoms with van der Waals surface area (Å²) in [7, 11) is 1.40. The van der Waals surface area contributed by atoms with E-state index in [-0.39, 0.29) is 52.5 Å². The van der Waals surface area contributed by atoms with Crippen molar-refractivity contribution < 1.29 is 23.5 Å². The molecule has 0 spiro atoms. The Bertz CT molecular complexity index is 1520. The average Bonchev–Trinajstić information content (AvgIpc) is 2.91. The predicted octanol–water partition coefficient (Wildman–Crippen LogP) is 4.76. The van der Waals surface area contributed by atoms with Crippen LogP contribution in [-0.2, 0) is 16.1 Å². The van der Waals surface area contributed by atoms with Gasteiger partial charge in [0.05, 0.1) is 24.6 Å². The number of aromatic amines is 1. The van der Waals surface area contributed by atoms with Crippen molar-refractivity contribution in [2.75, 3.05) is 31.7 Å². The third-order valence-corrected chi connectivity index (χ3v) is 7.93. The molecule has 0 bridgehead atoms. The van der Waals surface area contributed by atoms with E-state index in [1.165, 1.54) is 13.3 Å². The van der Waals surface area contributed by atoms with Crippen molar-refractivity contribution >= 4 is 51.7 Å². The number of ether oxygens (including phenoxy) is 2. The molecule has 1 aliphatic heterocycles. The number of carbonyl (C=O) groups excluding carboxylic acids is 2. The Morgan fingerprint density at radius 1 is 1.20 bits per heavy atom. The van der Waals surface area contributed by atoms with Crippen molar-refractivity contribution in [3.05, 3.63) is 67.7 Å². The molecule has 0 aliphatic carbocycles. The Morgan fingerprint density at radius 3 is 2.49 bits per heavy atom. The normalized spacial score (nSPS) is 18.3. The van der Waals surface area contributed by atoms with Gasteiger partial charge in [-0.1, -0.05) is 29.3 Å². The third kappa shape index (κ3) is 6.14. The van der Waals surface area contributed by atoms with Crippen molar-refractivity contribution in [1.29, 1.82) is 0 Å². The van der Waals surface area contributed by atoms with Gasteiger partial charge in [-0.15, -0.1) is 0 Å². The van der Waals surface area contributed by atoms with E-state index in [9.17, 15) is 14.4 Å². The molecule has 0 radical (unpaired) electrons. The van der Waals surface area contributed by atoms with E-state index in [1.807, 2.05) is 18.7 Å². The number of hydrogen-bond acceptors (Lipinski definition) is 7. The van der Waals surface area contributed by atoms with E-state index in [0.717, 1.165) is 6.07 Å². The van der Waals surface area contributed by atoms with Gasteiger partial charge in [-0.2, -0.15) is 0 Å². The first-order valence-electron chi connectivity index (χ1n) is 13.3. The zero-order valence-corrected chi connectivity index (χ0v) is 25.0. The minimum Gasteiger partial charge on any atom is -0.492 e. The lowest BCUT2D eigenvalue weighted by atomic mass is 10.0. The Hall–Kier alpha value is -3.34. The van der Waals surface area contributed by atoms with Crippen LogP contribution < -0.4 is 20.4 Å². The molecule has 3 atom stereocenters. The van der Waals surface area contributed by atoms with Crippen LogP contribution in [0.5, 0.6) is 5.75 Å². The molecule has 1 saturated heterocycles. The van der Waals surface area contributed by atoms with Crippen LogP contribution in [0.2, 0.25) is 10.0 Å². The van der Waals surface area contributed by atoms with Gasteiger partial charge in [0.2, 0.25) is 5.43 Å². The zero-order chi connectivity index (χ0) is 30.0. The molecule has 1 aliphatic rings. The van der Waals surface area contributed by atoms with E-state index in [4.69, 9.17) is 32.7 Å². The quantitative estimate of drug-likeness (QED) is 0.356. The van der Waals surface area contributed by atoms with Gasteiger partial charge < -0.3 is 24.7 Å². The van der Waals surface area contributed by atoms with Crippen LogP contribution in [0.3, 0.4) is 0 Å². The van der Waals surface area contributed by atoms with Crippen LogP contribution in [-0.4, -0.2) is 66.7 Å². The predicted molar refractivity (Wildman–Crippen MR) is 158 cm³/mol. The number of methoxy groups -OCH3 is 1. The number of anilines is 1. The minimum atomic E-state index is -0.656. The number of H-pyrrole nitrogens is 1. The van der Waals surface area contributed by atoms with Crippen molar-refractivity contribution in [2.24, 2.45) is 0 Å². The molecule has 2 N–H and O–H groups in total. The standard InChI is InChI=1S/C29H33Cl2FN4O5/c1-6-41-29(39)17(4)36-15(2)13-35(14-16(36)3)25-23(32)10-20-24(27(25)40-5)33-12-21(26(20)37)28(38)34-11-18-7-8-19(30)9-22(18)31/h7-10,12,15-17H,6,11,13-14H2,1-5H3,(H,33,37)(H,34,38). The number of carbonyl (C=O) groups is 2. The maximum absolute atomic E-state index is 15.8. The number of esters is 1. The fourth-order valence-electron chi connectivity index (χ4n) is 5.56. The number of piperazine rings is 1. The molecule has 1 fully saturated rings. The number of nitrogens with one attached hydrogen (secondary N) is 2. The molecule has 2 heterocycles. The van der Waals surface area contributed by atoms with Crippen LogP contribution in [0.25, 0.3) is 10.9 Å². The molecule has 41 heavy (non-hydrogen) atoms. The van der Waals surface area contributed by atoms with Gasteiger partial charge in [-0.25, -0.2) is 4.39 Å². The number of pyridine rings is 1. The van der Waals surface area contributed by atoms with Crippen LogP contribution in [0.4, 0.5) is 10.1 Å². The monoisotopic (exact) mass is 606 g/mol. The lowest BCUT2D eigenvalue weighted by Crippen LogP contribution is -2.61. The first-order valence-corrected chi connectivity index (χ1v) is 14.1. The summed E-state index contributed by atoms with van der Waals surface area (Å²) < 4.78 is 26.6. The SMILES string of the molecule is CCOC(=O)C(C)N1C(C)CN(c2c(F)cc3c(=O)c(C(=O)NCc4ccc(Cl)cc4Cl)c[nH]c3c2OC)CC1C. The molecule has 12 heteroatoms. The highest BCUT2D eigenvalue weighted by atomic mass is 35.5. The molecule has 0 saturated carbocycles. The van der Waals surface area contributed by atoms with E-state index in [0.29, 0.717) is 35.3 Å². The summed E-state index contributed by atoms with van der Waals surface area (Å²) in [4.78, 5) is 45.5. The number of nitrogens with zero attached hydrogens (tertiary/aromatic N) is 2. The lowest BCUT2D eigenvalue weighted by molar-refractivity contribution is -0.151. The molecule has 1 aromatic heterocycles. The second-order valence-corrected chi connectivity index (χ2v) is 10.9. The molecule has 4 rings (SSSR count). The second kappa shape index (κ2) is 12.7. The molecule has 220 valence electrons. The molecule has 2 aromatic carbocycles. The van der Waals surface area contributed by atoms with Gasteiger partial charge in [-0.05, 0) is 51.5 Å². The van der Waals surface area contributed by atoms with Gasteiger partial charge >= 0.3 is 5.97 Å². The van der Waals surface area contributed by atoms with E-state index < -0.39 is 23.2 Å². The van der Waals surface area contributed by atoms with Crippen molar-refractivity contribution in [2.45, 2.75) is 52.4 Å². The van der Waals surface area contributed by atoms with Crippen LogP contribution in [0, 0.1) is 5.82 Å². The fraction of sp³-hybridized carbons (Fsp3) is 0.414. The van der Waals surface area contributed by atoms with E-state index >= 15 is 4.39 Å². The maximum Gasteiger partial charge on any atom is 0.323 e. The largest absolute Gasteiger partial charge is 0.492 e. The van der Waals surface area contributed by atoms with E-state index in [2.05, 4.69) is 15.2 Å². The van der Waals surface area contributed by atoms with Crippen molar-refractivity contribution in [1.82, 2.24) is 15.2 Å². The Morgan fingerprint density at radius 2 is 1.88 bits per heavy atom. The number of halogens is 3. The summed E-state index contributed by atoms with van der Waals surface area (Å²) in [5, 5.41) is 3.49. The topological polar surface area (TPSA) is 104 Å². The Balaban J connectivity index is 1.62. The summed E-state index contributed by atoms with van der Waals surface area (Å²) in [5.41, 5.74) is 0.276. The van der Waals surface area contributed by atoms with Crippen molar-refractivity contribution in [3.8, 4) is 5.75 Å². The van der Waals surface area contributed by atoms with Gasteiger partial charge in [0.1, 0.15) is 17.3 Å². The highest BCUT2D eigenvalue weighted by molar-refractivity contribution is 6.35. The third-order valence-electron chi connectivity index (χ3n) is 7.34. The van der Waals surface area contributed by atoms with Crippen LogP contribution in [0.1, 0.15) is 43.6 Å². The number of aromatic nitrogens is 1. The summed E-state index contributed by atoms with van der Waals surface area (Å²) >= 11 is 12.1. The smallest absolute Gasteiger partial charge is 0.323 e. The Kier molecular flexibility index (Phi) is 9.46. The molecular weight excluding hydrogens is 574 g/mol. The van der Waals surface area contributed by atoms with Gasteiger partial charge in [0, 0.05) is 48.0 Å². The van der Waals surface area contributed by atoms with Crippen molar-refractivity contribution in [3.63, 3.8) is 0 Å². The maximum atomic E-state index is 15.8. The van der Waals surface area contributed by atoms with Crippen LogP contribution in [0.15, 0.2) is 35.3 Å². The minimum absolute atomic E-state index is 0.0176. The van der Waals surface area contributed by atoms with Gasteiger partial charge in [-0.3, -0.25) is 19.3 Å². The average molecular weight is 608 g/mol. The molecule has 9 nitrogen and oxygen atoms in total. The first-order chi connectivity index (χ1) is 19.5. The molecular formula is C29H33Cl2FN4O5. The fourth-order valence-corrected chi connectivity index (χ4v) is 6.03. The second-order valence-electron chi connectivity index (χ2n) is 10.1. The highest BCUT2D eigenvalue weighted by Crippen LogP contribution is 2.39. The lowest BCUT2D eigenvalue weighted by Gasteiger charge is -2.47. The number of benzene rings is 2. The molecule has 3 aromatic rings. The Labute approximate surface area is 247 Å². The zero-order valence-electron chi connectivity index (χ0n) is 23.5. The molecule has 3 unspecified atom stereocenters. The number of amides is 1.